The maximum Gasteiger partial charge on any atom is 0.347 e. The summed E-state index contributed by atoms with van der Waals surface area (Å²) in [6, 6.07) is 15.5. The number of aromatic carboxylic acids is 1. The van der Waals surface area contributed by atoms with Gasteiger partial charge in [0.15, 0.2) is 0 Å². The van der Waals surface area contributed by atoms with Gasteiger partial charge in [-0.05, 0) is 54.8 Å². The molecule has 1 fully saturated rings. The van der Waals surface area contributed by atoms with Crippen molar-refractivity contribution in [1.29, 1.82) is 0 Å². The third kappa shape index (κ3) is 4.81. The number of hydrogen-bond donors (Lipinski definition) is 1. The number of carboxylic acid groups (broad SMARTS) is 1. The minimum absolute atomic E-state index is 0.146. The van der Waals surface area contributed by atoms with Crippen molar-refractivity contribution in [3.63, 3.8) is 0 Å². The van der Waals surface area contributed by atoms with Gasteiger partial charge in [-0.1, -0.05) is 47.5 Å². The summed E-state index contributed by atoms with van der Waals surface area (Å²) in [7, 11) is 0. The van der Waals surface area contributed by atoms with Gasteiger partial charge in [0.2, 0.25) is 0 Å². The highest BCUT2D eigenvalue weighted by Gasteiger charge is 2.30. The van der Waals surface area contributed by atoms with Gasteiger partial charge in [-0.2, -0.15) is 0 Å². The summed E-state index contributed by atoms with van der Waals surface area (Å²) < 4.78 is 0. The minimum atomic E-state index is -0.917. The largest absolute Gasteiger partial charge is 0.477 e. The monoisotopic (exact) mass is 446 g/mol. The fourth-order valence-electron chi connectivity index (χ4n) is 3.71. The lowest BCUT2D eigenvalue weighted by Gasteiger charge is -2.22. The number of aromatic nitrogens is 1. The Labute approximate surface area is 183 Å². The van der Waals surface area contributed by atoms with Crippen molar-refractivity contribution in [2.24, 2.45) is 0 Å². The van der Waals surface area contributed by atoms with Crippen LogP contribution in [0, 0.1) is 0 Å². The first-order valence-electron chi connectivity index (χ1n) is 9.45. The van der Waals surface area contributed by atoms with Crippen molar-refractivity contribution >= 4 is 40.5 Å². The minimum Gasteiger partial charge on any atom is -0.477 e. The molecule has 1 N–H and O–H groups in total. The fourth-order valence-corrected chi connectivity index (χ4v) is 5.06. The lowest BCUT2D eigenvalue weighted by molar-refractivity contribution is 0.0701. The van der Waals surface area contributed by atoms with E-state index >= 15 is 0 Å². The Morgan fingerprint density at radius 2 is 1.69 bits per heavy atom. The summed E-state index contributed by atoms with van der Waals surface area (Å²) in [6.45, 7) is 1.78. The molecule has 2 heterocycles. The van der Waals surface area contributed by atoms with E-state index in [0.29, 0.717) is 22.0 Å². The molecule has 0 amide bonds. The Balaban J connectivity index is 1.57. The number of rotatable bonds is 6. The van der Waals surface area contributed by atoms with Crippen LogP contribution in [0.4, 0.5) is 0 Å². The summed E-state index contributed by atoms with van der Waals surface area (Å²) in [5, 5.41) is 12.0. The van der Waals surface area contributed by atoms with Crippen LogP contribution in [0.15, 0.2) is 48.5 Å². The summed E-state index contributed by atoms with van der Waals surface area (Å²) >= 11 is 13.3. The quantitative estimate of drug-likeness (QED) is 0.498. The second-order valence-corrected chi connectivity index (χ2v) is 9.09. The highest BCUT2D eigenvalue weighted by Crippen LogP contribution is 2.37. The van der Waals surface area contributed by atoms with E-state index in [2.05, 4.69) is 4.90 Å². The van der Waals surface area contributed by atoms with Crippen LogP contribution in [-0.2, 0) is 13.0 Å². The number of nitrogens with zero attached hydrogens (tertiary/aromatic N) is 2. The van der Waals surface area contributed by atoms with Crippen LogP contribution in [0.2, 0.25) is 10.0 Å². The Kier molecular flexibility index (Phi) is 6.20. The van der Waals surface area contributed by atoms with E-state index in [1.807, 2.05) is 48.5 Å². The van der Waals surface area contributed by atoms with Crippen molar-refractivity contribution in [1.82, 2.24) is 9.88 Å². The highest BCUT2D eigenvalue weighted by atomic mass is 35.5. The van der Waals surface area contributed by atoms with Crippen LogP contribution >= 0.6 is 34.5 Å². The Bertz CT molecular complexity index is 1000. The molecule has 4 nitrogen and oxygen atoms in total. The lowest BCUT2D eigenvalue weighted by Crippen LogP contribution is -2.22. The molecule has 0 radical (unpaired) electrons. The van der Waals surface area contributed by atoms with Gasteiger partial charge in [0, 0.05) is 23.0 Å². The standard InChI is InChI=1S/C22H20Cl2N2O2S/c23-16-7-3-14(4-8-16)12-18-20(22(27)28)29-21(25-18)19-2-1-11-26(19)13-15-5-9-17(24)10-6-15/h3-10,19H,1-2,11-13H2,(H,27,28). The molecule has 7 heteroatoms. The SMILES string of the molecule is O=C(O)c1sc(C2CCCN2Cc2ccc(Cl)cc2)nc1Cc1ccc(Cl)cc1. The van der Waals surface area contributed by atoms with Gasteiger partial charge in [0.1, 0.15) is 9.88 Å². The van der Waals surface area contributed by atoms with Crippen molar-refractivity contribution in [3.05, 3.63) is 85.3 Å². The zero-order valence-corrected chi connectivity index (χ0v) is 18.0. The fraction of sp³-hybridized carbons (Fsp3) is 0.273. The summed E-state index contributed by atoms with van der Waals surface area (Å²) in [4.78, 5) is 19.3. The molecular weight excluding hydrogens is 427 g/mol. The molecule has 1 unspecified atom stereocenters. The number of likely N-dealkylation sites (tertiary alicyclic amines) is 1. The predicted molar refractivity (Wildman–Crippen MR) is 117 cm³/mol. The molecule has 1 aliphatic rings. The normalized spacial score (nSPS) is 17.0. The van der Waals surface area contributed by atoms with Gasteiger partial charge in [-0.25, -0.2) is 9.78 Å². The molecule has 3 aromatic rings. The second-order valence-electron chi connectivity index (χ2n) is 7.19. The first-order valence-corrected chi connectivity index (χ1v) is 11.0. The molecule has 2 aromatic carbocycles. The van der Waals surface area contributed by atoms with E-state index < -0.39 is 5.97 Å². The number of halogens is 2. The van der Waals surface area contributed by atoms with E-state index in [4.69, 9.17) is 28.2 Å². The first-order chi connectivity index (χ1) is 14.0. The van der Waals surface area contributed by atoms with E-state index in [0.717, 1.165) is 41.5 Å². The zero-order valence-electron chi connectivity index (χ0n) is 15.6. The number of thiazole rings is 1. The van der Waals surface area contributed by atoms with Gasteiger partial charge in [-0.15, -0.1) is 11.3 Å². The summed E-state index contributed by atoms with van der Waals surface area (Å²) in [5.41, 5.74) is 2.81. The molecule has 150 valence electrons. The van der Waals surface area contributed by atoms with Gasteiger partial charge in [0.05, 0.1) is 11.7 Å². The van der Waals surface area contributed by atoms with Crippen molar-refractivity contribution in [3.8, 4) is 0 Å². The molecule has 0 spiro atoms. The summed E-state index contributed by atoms with van der Waals surface area (Å²) in [6.07, 6.45) is 2.55. The highest BCUT2D eigenvalue weighted by molar-refractivity contribution is 7.13. The second kappa shape index (κ2) is 8.84. The maximum atomic E-state index is 11.8. The van der Waals surface area contributed by atoms with Crippen LogP contribution in [-0.4, -0.2) is 27.5 Å². The molecule has 0 aliphatic carbocycles. The van der Waals surface area contributed by atoms with E-state index in [1.165, 1.54) is 16.9 Å². The topological polar surface area (TPSA) is 53.4 Å². The van der Waals surface area contributed by atoms with Crippen LogP contribution in [0.3, 0.4) is 0 Å². The van der Waals surface area contributed by atoms with E-state index in [1.54, 1.807) is 0 Å². The molecule has 1 aliphatic heterocycles. The number of hydrogen-bond acceptors (Lipinski definition) is 4. The Hall–Kier alpha value is -1.92. The third-order valence-corrected chi connectivity index (χ3v) is 6.83. The molecular formula is C22H20Cl2N2O2S. The smallest absolute Gasteiger partial charge is 0.347 e. The molecule has 1 saturated heterocycles. The van der Waals surface area contributed by atoms with Crippen molar-refractivity contribution < 1.29 is 9.90 Å². The summed E-state index contributed by atoms with van der Waals surface area (Å²) in [5.74, 6) is -0.917. The van der Waals surface area contributed by atoms with Crippen LogP contribution in [0.1, 0.15) is 50.4 Å². The van der Waals surface area contributed by atoms with Gasteiger partial charge >= 0.3 is 5.97 Å². The molecule has 0 saturated carbocycles. The molecule has 29 heavy (non-hydrogen) atoms. The van der Waals surface area contributed by atoms with Crippen molar-refractivity contribution in [2.45, 2.75) is 31.8 Å². The first kappa shape index (κ1) is 20.4. The van der Waals surface area contributed by atoms with Gasteiger partial charge < -0.3 is 5.11 Å². The van der Waals surface area contributed by atoms with Gasteiger partial charge in [0.25, 0.3) is 0 Å². The Morgan fingerprint density at radius 3 is 2.31 bits per heavy atom. The van der Waals surface area contributed by atoms with Crippen LogP contribution in [0.5, 0.6) is 0 Å². The number of carboxylic acids is 1. The van der Waals surface area contributed by atoms with Gasteiger partial charge in [-0.3, -0.25) is 4.90 Å². The zero-order chi connectivity index (χ0) is 20.4. The maximum absolute atomic E-state index is 11.8. The average molecular weight is 447 g/mol. The van der Waals surface area contributed by atoms with Crippen molar-refractivity contribution in [2.75, 3.05) is 6.54 Å². The predicted octanol–water partition coefficient (Wildman–Crippen LogP) is 6.08. The van der Waals surface area contributed by atoms with E-state index in [-0.39, 0.29) is 6.04 Å². The number of carbonyl (C=O) groups is 1. The number of benzene rings is 2. The molecule has 4 rings (SSSR count). The molecule has 1 aromatic heterocycles. The molecule has 0 bridgehead atoms. The van der Waals surface area contributed by atoms with Crippen LogP contribution < -0.4 is 0 Å². The third-order valence-electron chi connectivity index (χ3n) is 5.14. The Morgan fingerprint density at radius 1 is 1.07 bits per heavy atom. The average Bonchev–Trinajstić information content (AvgIpc) is 3.32. The molecule has 1 atom stereocenters. The van der Waals surface area contributed by atoms with Crippen LogP contribution in [0.25, 0.3) is 0 Å². The lowest BCUT2D eigenvalue weighted by atomic mass is 10.1. The van der Waals surface area contributed by atoms with E-state index in [9.17, 15) is 9.90 Å².